The van der Waals surface area contributed by atoms with Crippen molar-refractivity contribution in [2.45, 2.75) is 13.3 Å². The largest absolute Gasteiger partial charge is 0.400 e. The van der Waals surface area contributed by atoms with Crippen molar-refractivity contribution >= 4 is 31.7 Å². The Morgan fingerprint density at radius 3 is 2.11 bits per heavy atom. The molecule has 0 aromatic rings. The fourth-order valence-corrected chi connectivity index (χ4v) is 0.772. The Balaban J connectivity index is 0. The summed E-state index contributed by atoms with van der Waals surface area (Å²) in [5.41, 5.74) is 0. The first-order chi connectivity index (χ1) is 3.56. The molecule has 6 heteroatoms. The first-order valence-electron chi connectivity index (χ1n) is 2.37. The highest BCUT2D eigenvalue weighted by Gasteiger charge is 2.08. The summed E-state index contributed by atoms with van der Waals surface area (Å²) < 4.78 is 9.97. The summed E-state index contributed by atoms with van der Waals surface area (Å²) in [6.07, 6.45) is 0.727. The smallest absolute Gasteiger partial charge is 0.313 e. The maximum Gasteiger partial charge on any atom is 0.400 e. The van der Waals surface area contributed by atoms with Crippen LogP contribution in [0.4, 0.5) is 0 Å². The van der Waals surface area contributed by atoms with Crippen LogP contribution in [-0.4, -0.2) is 16.3 Å². The van der Waals surface area contributed by atoms with Gasteiger partial charge in [0.05, 0.1) is 0 Å². The molecular formula is C3H11INO3P. The highest BCUT2D eigenvalue weighted by atomic mass is 127. The Hall–Kier alpha value is 0.840. The SMILES string of the molecule is CCCNP(=O)(O)O.I. The summed E-state index contributed by atoms with van der Waals surface area (Å²) in [5.74, 6) is 0. The molecular weight excluding hydrogens is 256 g/mol. The van der Waals surface area contributed by atoms with Crippen molar-refractivity contribution in [1.82, 2.24) is 5.09 Å². The van der Waals surface area contributed by atoms with Crippen molar-refractivity contribution in [3.63, 3.8) is 0 Å². The molecule has 0 fully saturated rings. The Morgan fingerprint density at radius 1 is 1.56 bits per heavy atom. The van der Waals surface area contributed by atoms with Crippen molar-refractivity contribution in [1.29, 1.82) is 0 Å². The maximum absolute atomic E-state index is 9.97. The van der Waals surface area contributed by atoms with E-state index in [1.165, 1.54) is 0 Å². The molecule has 0 aliphatic rings. The van der Waals surface area contributed by atoms with Gasteiger partial charge < -0.3 is 9.79 Å². The lowest BCUT2D eigenvalue weighted by molar-refractivity contribution is 0.357. The number of nitrogens with one attached hydrogen (secondary N) is 1. The van der Waals surface area contributed by atoms with Gasteiger partial charge in [-0.2, -0.15) is 0 Å². The van der Waals surface area contributed by atoms with Gasteiger partial charge in [-0.15, -0.1) is 24.0 Å². The van der Waals surface area contributed by atoms with E-state index in [2.05, 4.69) is 0 Å². The van der Waals surface area contributed by atoms with E-state index in [0.717, 1.165) is 6.42 Å². The lowest BCUT2D eigenvalue weighted by atomic mass is 10.5. The molecule has 0 saturated heterocycles. The van der Waals surface area contributed by atoms with Crippen molar-refractivity contribution in [3.8, 4) is 0 Å². The van der Waals surface area contributed by atoms with Crippen LogP contribution in [0.25, 0.3) is 0 Å². The van der Waals surface area contributed by atoms with Gasteiger partial charge in [0, 0.05) is 6.54 Å². The quantitative estimate of drug-likeness (QED) is 0.520. The molecule has 9 heavy (non-hydrogen) atoms. The van der Waals surface area contributed by atoms with Crippen molar-refractivity contribution in [2.75, 3.05) is 6.54 Å². The van der Waals surface area contributed by atoms with E-state index in [4.69, 9.17) is 9.79 Å². The highest BCUT2D eigenvalue weighted by molar-refractivity contribution is 14.0. The van der Waals surface area contributed by atoms with Gasteiger partial charge in [0.25, 0.3) is 0 Å². The van der Waals surface area contributed by atoms with Crippen LogP contribution >= 0.6 is 31.7 Å². The predicted molar refractivity (Wildman–Crippen MR) is 45.8 cm³/mol. The maximum atomic E-state index is 9.97. The van der Waals surface area contributed by atoms with Crippen molar-refractivity contribution < 1.29 is 14.4 Å². The van der Waals surface area contributed by atoms with E-state index in [9.17, 15) is 4.57 Å². The molecule has 0 unspecified atom stereocenters. The topological polar surface area (TPSA) is 69.6 Å². The first kappa shape index (κ1) is 12.5. The van der Waals surface area contributed by atoms with Crippen LogP contribution in [0.2, 0.25) is 0 Å². The summed E-state index contributed by atoms with van der Waals surface area (Å²) >= 11 is 0. The van der Waals surface area contributed by atoms with Gasteiger partial charge in [0.15, 0.2) is 0 Å². The molecule has 0 saturated carbocycles. The van der Waals surface area contributed by atoms with Crippen LogP contribution in [0.5, 0.6) is 0 Å². The molecule has 0 atom stereocenters. The summed E-state index contributed by atoms with van der Waals surface area (Å²) in [7, 11) is -3.93. The molecule has 0 spiro atoms. The number of hydrogen-bond donors (Lipinski definition) is 3. The number of rotatable bonds is 3. The third kappa shape index (κ3) is 12.1. The molecule has 0 heterocycles. The zero-order chi connectivity index (χ0) is 6.62. The van der Waals surface area contributed by atoms with Gasteiger partial charge in [0.1, 0.15) is 0 Å². The molecule has 0 aliphatic heterocycles. The zero-order valence-electron chi connectivity index (χ0n) is 5.07. The second-order valence-electron chi connectivity index (χ2n) is 1.45. The Morgan fingerprint density at radius 2 is 2.00 bits per heavy atom. The van der Waals surface area contributed by atoms with Crippen LogP contribution in [0.3, 0.4) is 0 Å². The standard InChI is InChI=1S/C3H10NO3P.HI/c1-2-3-4-8(5,6)7;/h2-3H2,1H3,(H3,4,5,6,7);1H. The lowest BCUT2D eigenvalue weighted by Crippen LogP contribution is -2.09. The van der Waals surface area contributed by atoms with Crippen LogP contribution in [0.15, 0.2) is 0 Å². The highest BCUT2D eigenvalue weighted by Crippen LogP contribution is 2.27. The lowest BCUT2D eigenvalue weighted by Gasteiger charge is -2.01. The Labute approximate surface area is 71.3 Å². The molecule has 0 rings (SSSR count). The predicted octanol–water partition coefficient (Wildman–Crippen LogP) is 0.697. The molecule has 3 N–H and O–H groups in total. The van der Waals surface area contributed by atoms with Crippen LogP contribution in [-0.2, 0) is 4.57 Å². The summed E-state index contributed by atoms with van der Waals surface area (Å²) in [4.78, 5) is 16.3. The number of hydrogen-bond acceptors (Lipinski definition) is 1. The normalized spacial score (nSPS) is 10.6. The van der Waals surface area contributed by atoms with Gasteiger partial charge in [-0.1, -0.05) is 6.92 Å². The minimum atomic E-state index is -3.93. The van der Waals surface area contributed by atoms with Gasteiger partial charge in [-0.3, -0.25) is 0 Å². The fourth-order valence-electron chi connectivity index (χ4n) is 0.257. The first-order valence-corrected chi connectivity index (χ1v) is 3.98. The molecule has 58 valence electrons. The minimum Gasteiger partial charge on any atom is -0.313 e. The molecule has 0 aliphatic carbocycles. The monoisotopic (exact) mass is 267 g/mol. The van der Waals surface area contributed by atoms with Crippen LogP contribution in [0.1, 0.15) is 13.3 Å². The van der Waals surface area contributed by atoms with Gasteiger partial charge in [-0.25, -0.2) is 9.65 Å². The van der Waals surface area contributed by atoms with Crippen LogP contribution in [0, 0.1) is 0 Å². The average Bonchev–Trinajstić information content (AvgIpc) is 1.59. The number of halogens is 1. The fraction of sp³-hybridized carbons (Fsp3) is 1.00. The van der Waals surface area contributed by atoms with E-state index < -0.39 is 7.75 Å². The molecule has 4 nitrogen and oxygen atoms in total. The Bertz CT molecular complexity index is 103. The molecule has 0 aromatic heterocycles. The van der Waals surface area contributed by atoms with Gasteiger partial charge in [0.2, 0.25) is 0 Å². The van der Waals surface area contributed by atoms with Gasteiger partial charge in [-0.05, 0) is 6.42 Å². The van der Waals surface area contributed by atoms with E-state index in [1.54, 1.807) is 0 Å². The summed E-state index contributed by atoms with van der Waals surface area (Å²) in [6.45, 7) is 2.20. The molecule has 0 amide bonds. The summed E-state index contributed by atoms with van der Waals surface area (Å²) in [6, 6.07) is 0. The van der Waals surface area contributed by atoms with E-state index >= 15 is 0 Å². The second-order valence-corrected chi connectivity index (χ2v) is 2.86. The van der Waals surface area contributed by atoms with Crippen molar-refractivity contribution in [2.24, 2.45) is 0 Å². The average molecular weight is 267 g/mol. The molecule has 0 radical (unpaired) electrons. The van der Waals surface area contributed by atoms with E-state index in [-0.39, 0.29) is 24.0 Å². The zero-order valence-corrected chi connectivity index (χ0v) is 8.30. The summed E-state index contributed by atoms with van der Waals surface area (Å²) in [5, 5.41) is 2.04. The Kier molecular flexibility index (Phi) is 7.80. The van der Waals surface area contributed by atoms with E-state index in [0.29, 0.717) is 6.54 Å². The van der Waals surface area contributed by atoms with E-state index in [1.807, 2.05) is 12.0 Å². The van der Waals surface area contributed by atoms with Crippen LogP contribution < -0.4 is 5.09 Å². The van der Waals surface area contributed by atoms with Crippen molar-refractivity contribution in [3.05, 3.63) is 0 Å². The molecule has 0 aromatic carbocycles. The third-order valence-electron chi connectivity index (χ3n) is 0.568. The molecule has 0 bridgehead atoms. The van der Waals surface area contributed by atoms with Gasteiger partial charge >= 0.3 is 7.75 Å². The third-order valence-corrected chi connectivity index (χ3v) is 1.20. The minimum absolute atomic E-state index is 0. The second kappa shape index (κ2) is 5.61.